The molecule has 0 unspecified atom stereocenters. The number of nitrogens with zero attached hydrogens (tertiary/aromatic N) is 2. The summed E-state index contributed by atoms with van der Waals surface area (Å²) in [7, 11) is -2.53. The lowest BCUT2D eigenvalue weighted by Gasteiger charge is -2.17. The van der Waals surface area contributed by atoms with E-state index in [1.165, 1.54) is 13.2 Å². The van der Waals surface area contributed by atoms with E-state index in [9.17, 15) is 13.2 Å². The fourth-order valence-electron chi connectivity index (χ4n) is 2.35. The Balaban J connectivity index is 1.70. The van der Waals surface area contributed by atoms with Gasteiger partial charge in [-0.1, -0.05) is 30.3 Å². The second-order valence-electron chi connectivity index (χ2n) is 5.50. The maximum Gasteiger partial charge on any atom is 0.304 e. The number of hydrogen-bond donors (Lipinski definition) is 1. The molecule has 0 saturated heterocycles. The first-order valence-corrected chi connectivity index (χ1v) is 8.77. The monoisotopic (exact) mass is 347 g/mol. The molecule has 0 aliphatic carbocycles. The van der Waals surface area contributed by atoms with Gasteiger partial charge in [-0.25, -0.2) is 4.72 Å². The van der Waals surface area contributed by atoms with Crippen LogP contribution in [-0.2, 0) is 34.7 Å². The molecule has 3 rings (SSSR count). The number of aromatic nitrogens is 1. The highest BCUT2D eigenvalue weighted by molar-refractivity contribution is 7.87. The van der Waals surface area contributed by atoms with E-state index in [2.05, 4.69) is 9.71 Å². The summed E-state index contributed by atoms with van der Waals surface area (Å²) in [4.78, 5) is 16.3. The van der Waals surface area contributed by atoms with Crippen molar-refractivity contribution in [3.05, 3.63) is 65.0 Å². The van der Waals surface area contributed by atoms with Gasteiger partial charge in [-0.2, -0.15) is 12.7 Å². The molecular weight excluding hydrogens is 330 g/mol. The van der Waals surface area contributed by atoms with Gasteiger partial charge in [0.15, 0.2) is 0 Å². The lowest BCUT2D eigenvalue weighted by Crippen LogP contribution is -2.41. The SMILES string of the molecule is CN(Cc1ccccc1)S(=O)(=O)NC(=O)c1cnc2c(c1)COC2. The van der Waals surface area contributed by atoms with E-state index in [0.717, 1.165) is 21.1 Å². The van der Waals surface area contributed by atoms with Gasteiger partial charge in [0.2, 0.25) is 0 Å². The number of ether oxygens (including phenoxy) is 1. The van der Waals surface area contributed by atoms with Crippen molar-refractivity contribution in [3.63, 3.8) is 0 Å². The maximum absolute atomic E-state index is 12.3. The minimum atomic E-state index is -3.95. The standard InChI is InChI=1S/C16H17N3O4S/c1-19(9-12-5-3-2-4-6-12)24(21,22)18-16(20)13-7-14-10-23-11-15(14)17-8-13/h2-8H,9-11H2,1H3,(H,18,20). The van der Waals surface area contributed by atoms with Gasteiger partial charge in [0.1, 0.15) is 0 Å². The van der Waals surface area contributed by atoms with Crippen LogP contribution in [0.5, 0.6) is 0 Å². The van der Waals surface area contributed by atoms with Crippen LogP contribution in [0.1, 0.15) is 27.2 Å². The number of carbonyl (C=O) groups is 1. The summed E-state index contributed by atoms with van der Waals surface area (Å²) < 4.78 is 33.0. The van der Waals surface area contributed by atoms with Crippen LogP contribution in [0.3, 0.4) is 0 Å². The minimum Gasteiger partial charge on any atom is -0.370 e. The van der Waals surface area contributed by atoms with E-state index in [4.69, 9.17) is 4.74 Å². The molecule has 1 aliphatic rings. The molecule has 7 nitrogen and oxygen atoms in total. The summed E-state index contributed by atoms with van der Waals surface area (Å²) in [6, 6.07) is 10.7. The van der Waals surface area contributed by atoms with Crippen LogP contribution in [0.25, 0.3) is 0 Å². The smallest absolute Gasteiger partial charge is 0.304 e. The Morgan fingerprint density at radius 1 is 1.29 bits per heavy atom. The van der Waals surface area contributed by atoms with Gasteiger partial charge in [-0.3, -0.25) is 9.78 Å². The third-order valence-corrected chi connectivity index (χ3v) is 5.09. The quantitative estimate of drug-likeness (QED) is 0.878. The van der Waals surface area contributed by atoms with Crippen LogP contribution >= 0.6 is 0 Å². The largest absolute Gasteiger partial charge is 0.370 e. The summed E-state index contributed by atoms with van der Waals surface area (Å²) in [6.07, 6.45) is 1.36. The van der Waals surface area contributed by atoms with Crippen molar-refractivity contribution in [2.24, 2.45) is 0 Å². The first kappa shape index (κ1) is 16.6. The summed E-state index contributed by atoms with van der Waals surface area (Å²) >= 11 is 0. The number of rotatable bonds is 5. The van der Waals surface area contributed by atoms with Crippen LogP contribution < -0.4 is 4.72 Å². The van der Waals surface area contributed by atoms with Gasteiger partial charge in [-0.15, -0.1) is 0 Å². The van der Waals surface area contributed by atoms with Crippen molar-refractivity contribution in [1.29, 1.82) is 0 Å². The summed E-state index contributed by atoms with van der Waals surface area (Å²) in [6.45, 7) is 0.958. The highest BCUT2D eigenvalue weighted by Gasteiger charge is 2.23. The average molecular weight is 347 g/mol. The van der Waals surface area contributed by atoms with Crippen LogP contribution in [0, 0.1) is 0 Å². The number of amides is 1. The number of carbonyl (C=O) groups excluding carboxylic acids is 1. The fourth-order valence-corrected chi connectivity index (χ4v) is 3.18. The molecule has 2 aromatic rings. The zero-order chi connectivity index (χ0) is 17.2. The van der Waals surface area contributed by atoms with Gasteiger partial charge in [0.05, 0.1) is 24.5 Å². The third-order valence-electron chi connectivity index (χ3n) is 3.70. The second-order valence-corrected chi connectivity index (χ2v) is 7.28. The Hall–Kier alpha value is -2.29. The summed E-state index contributed by atoms with van der Waals surface area (Å²) in [5.74, 6) is -0.711. The zero-order valence-electron chi connectivity index (χ0n) is 13.1. The molecule has 0 spiro atoms. The van der Waals surface area contributed by atoms with E-state index >= 15 is 0 Å². The number of hydrogen-bond acceptors (Lipinski definition) is 5. The molecule has 0 fully saturated rings. The van der Waals surface area contributed by atoms with Crippen molar-refractivity contribution in [1.82, 2.24) is 14.0 Å². The van der Waals surface area contributed by atoms with Crippen molar-refractivity contribution >= 4 is 16.1 Å². The van der Waals surface area contributed by atoms with Crippen LogP contribution in [-0.4, -0.2) is 30.7 Å². The van der Waals surface area contributed by atoms with Crippen LogP contribution in [0.15, 0.2) is 42.6 Å². The van der Waals surface area contributed by atoms with E-state index in [1.54, 1.807) is 6.07 Å². The van der Waals surface area contributed by atoms with Crippen molar-refractivity contribution in [2.75, 3.05) is 7.05 Å². The highest BCUT2D eigenvalue weighted by Crippen LogP contribution is 2.18. The molecule has 0 atom stereocenters. The molecule has 126 valence electrons. The van der Waals surface area contributed by atoms with E-state index in [0.29, 0.717) is 13.2 Å². The number of fused-ring (bicyclic) bond motifs is 1. The maximum atomic E-state index is 12.3. The van der Waals surface area contributed by atoms with E-state index in [1.807, 2.05) is 30.3 Å². The molecule has 24 heavy (non-hydrogen) atoms. The Bertz CT molecular complexity index is 853. The number of benzene rings is 1. The molecule has 1 N–H and O–H groups in total. The number of pyridine rings is 1. The van der Waals surface area contributed by atoms with Gasteiger partial charge >= 0.3 is 10.2 Å². The molecule has 1 aromatic carbocycles. The summed E-state index contributed by atoms with van der Waals surface area (Å²) in [5.41, 5.74) is 2.60. The Morgan fingerprint density at radius 2 is 2.04 bits per heavy atom. The molecule has 8 heteroatoms. The lowest BCUT2D eigenvalue weighted by molar-refractivity contribution is 0.0978. The Kier molecular flexibility index (Phi) is 4.61. The average Bonchev–Trinajstić information content (AvgIpc) is 3.03. The van der Waals surface area contributed by atoms with Gasteiger partial charge in [0.25, 0.3) is 5.91 Å². The first-order valence-electron chi connectivity index (χ1n) is 7.33. The minimum absolute atomic E-state index is 0.166. The predicted octanol–water partition coefficient (Wildman–Crippen LogP) is 1.22. The van der Waals surface area contributed by atoms with Crippen LogP contribution in [0.4, 0.5) is 0 Å². The zero-order valence-corrected chi connectivity index (χ0v) is 13.9. The lowest BCUT2D eigenvalue weighted by atomic mass is 10.1. The molecule has 0 radical (unpaired) electrons. The van der Waals surface area contributed by atoms with Crippen LogP contribution in [0.2, 0.25) is 0 Å². The van der Waals surface area contributed by atoms with Crippen molar-refractivity contribution < 1.29 is 17.9 Å². The fraction of sp³-hybridized carbons (Fsp3) is 0.250. The Morgan fingerprint density at radius 3 is 2.79 bits per heavy atom. The first-order chi connectivity index (χ1) is 11.5. The molecule has 0 saturated carbocycles. The van der Waals surface area contributed by atoms with Crippen molar-refractivity contribution in [2.45, 2.75) is 19.8 Å². The second kappa shape index (κ2) is 6.68. The highest BCUT2D eigenvalue weighted by atomic mass is 32.2. The molecule has 1 amide bonds. The van der Waals surface area contributed by atoms with Gasteiger partial charge < -0.3 is 4.74 Å². The summed E-state index contributed by atoms with van der Waals surface area (Å²) in [5, 5.41) is 0. The van der Waals surface area contributed by atoms with Gasteiger partial charge in [0, 0.05) is 25.4 Å². The molecule has 2 heterocycles. The van der Waals surface area contributed by atoms with Gasteiger partial charge in [-0.05, 0) is 11.6 Å². The number of nitrogens with one attached hydrogen (secondary N) is 1. The van der Waals surface area contributed by atoms with E-state index < -0.39 is 16.1 Å². The molecule has 1 aliphatic heterocycles. The molecular formula is C16H17N3O4S. The van der Waals surface area contributed by atoms with E-state index in [-0.39, 0.29) is 12.1 Å². The topological polar surface area (TPSA) is 88.6 Å². The normalized spacial score (nSPS) is 13.8. The molecule has 0 bridgehead atoms. The third kappa shape index (κ3) is 3.61. The van der Waals surface area contributed by atoms with Crippen molar-refractivity contribution in [3.8, 4) is 0 Å². The Labute approximate surface area is 140 Å². The molecule has 1 aromatic heterocycles. The predicted molar refractivity (Wildman–Crippen MR) is 87.0 cm³/mol.